The van der Waals surface area contributed by atoms with Crippen LogP contribution in [0.5, 0.6) is 0 Å². The Balaban J connectivity index is 0. The van der Waals surface area contributed by atoms with Crippen LogP contribution in [0.3, 0.4) is 0 Å². The molecule has 0 spiro atoms. The largest absolute Gasteiger partial charge is 1.00 e. The second-order valence-electron chi connectivity index (χ2n) is 5.19. The first kappa shape index (κ1) is 24.3. The molecular weight excluding hydrogens is 317 g/mol. The van der Waals surface area contributed by atoms with Crippen molar-refractivity contribution in [1.82, 2.24) is 5.32 Å². The molecule has 0 radical (unpaired) electrons. The number of hydrogen-bond acceptors (Lipinski definition) is 4. The first-order chi connectivity index (χ1) is 9.45. The van der Waals surface area contributed by atoms with Gasteiger partial charge in [0.25, 0.3) is 0 Å². The summed E-state index contributed by atoms with van der Waals surface area (Å²) < 4.78 is 31.0. The third kappa shape index (κ3) is 21.0. The van der Waals surface area contributed by atoms with Crippen LogP contribution in [0, 0.1) is 0 Å². The van der Waals surface area contributed by atoms with E-state index in [0.29, 0.717) is 6.42 Å². The molecule has 0 saturated carbocycles. The molecule has 21 heavy (non-hydrogen) atoms. The summed E-state index contributed by atoms with van der Waals surface area (Å²) in [6, 6.07) is 0. The molecule has 5 nitrogen and oxygen atoms in total. The van der Waals surface area contributed by atoms with E-state index in [1.807, 2.05) is 0 Å². The standard InChI is InChI=1S/C14H29NO4S.K/c1-2-3-4-5-6-7-8-9-10-11-14(16)15-12-13-20(17,18)19;/h2-13H2,1H3,(H,15,16)(H,17,18,19);/q;+1/p-1. The summed E-state index contributed by atoms with van der Waals surface area (Å²) in [7, 11) is -4.23. The van der Waals surface area contributed by atoms with Crippen LogP contribution < -0.4 is 56.7 Å². The van der Waals surface area contributed by atoms with Crippen LogP contribution in [0.2, 0.25) is 0 Å². The molecule has 0 aliphatic rings. The Labute approximate surface area is 172 Å². The van der Waals surface area contributed by atoms with E-state index in [0.717, 1.165) is 19.3 Å². The van der Waals surface area contributed by atoms with E-state index in [2.05, 4.69) is 12.2 Å². The third-order valence-electron chi connectivity index (χ3n) is 3.18. The Kier molecular flexibility index (Phi) is 18.4. The quantitative estimate of drug-likeness (QED) is 0.279. The molecule has 0 aliphatic carbocycles. The number of hydrogen-bond donors (Lipinski definition) is 1. The maximum Gasteiger partial charge on any atom is 1.00 e. The van der Waals surface area contributed by atoms with Gasteiger partial charge in [-0.25, -0.2) is 8.42 Å². The Hall–Kier alpha value is 1.02. The van der Waals surface area contributed by atoms with E-state index in [-0.39, 0.29) is 63.8 Å². The summed E-state index contributed by atoms with van der Waals surface area (Å²) in [5.74, 6) is -0.701. The molecule has 0 atom stereocenters. The Morgan fingerprint density at radius 3 is 1.90 bits per heavy atom. The monoisotopic (exact) mass is 345 g/mol. The van der Waals surface area contributed by atoms with Crippen molar-refractivity contribution < 1.29 is 69.1 Å². The molecular formula is C14H28KNO4S. The maximum atomic E-state index is 11.3. The first-order valence-corrected chi connectivity index (χ1v) is 9.23. The molecule has 0 aliphatic heterocycles. The predicted octanol–water partition coefficient (Wildman–Crippen LogP) is -0.427. The van der Waals surface area contributed by atoms with Crippen LogP contribution in [0.1, 0.15) is 71.1 Å². The second kappa shape index (κ2) is 15.9. The van der Waals surface area contributed by atoms with Crippen molar-refractivity contribution >= 4 is 16.0 Å². The van der Waals surface area contributed by atoms with E-state index in [1.54, 1.807) is 0 Å². The van der Waals surface area contributed by atoms with Gasteiger partial charge in [0.05, 0.1) is 15.9 Å². The van der Waals surface area contributed by atoms with Gasteiger partial charge in [-0.05, 0) is 6.42 Å². The topological polar surface area (TPSA) is 86.3 Å². The molecule has 120 valence electrons. The van der Waals surface area contributed by atoms with Gasteiger partial charge in [-0.3, -0.25) is 4.79 Å². The van der Waals surface area contributed by atoms with E-state index in [1.165, 1.54) is 38.5 Å². The van der Waals surface area contributed by atoms with Gasteiger partial charge in [0, 0.05) is 13.0 Å². The normalized spacial score (nSPS) is 11.0. The van der Waals surface area contributed by atoms with Gasteiger partial charge in [0.2, 0.25) is 5.91 Å². The summed E-state index contributed by atoms with van der Waals surface area (Å²) in [6.07, 6.45) is 11.1. The van der Waals surface area contributed by atoms with Crippen molar-refractivity contribution in [2.24, 2.45) is 0 Å². The molecule has 0 aromatic heterocycles. The summed E-state index contributed by atoms with van der Waals surface area (Å²) in [5, 5.41) is 2.45. The molecule has 0 aromatic rings. The van der Waals surface area contributed by atoms with Crippen molar-refractivity contribution in [3.8, 4) is 0 Å². The Morgan fingerprint density at radius 1 is 0.952 bits per heavy atom. The van der Waals surface area contributed by atoms with E-state index >= 15 is 0 Å². The predicted molar refractivity (Wildman–Crippen MR) is 79.4 cm³/mol. The minimum atomic E-state index is -4.23. The minimum absolute atomic E-state index is 0. The van der Waals surface area contributed by atoms with Gasteiger partial charge >= 0.3 is 51.4 Å². The van der Waals surface area contributed by atoms with Gasteiger partial charge in [-0.2, -0.15) is 0 Å². The number of rotatable bonds is 13. The number of carbonyl (C=O) groups is 1. The van der Waals surface area contributed by atoms with Crippen molar-refractivity contribution in [2.75, 3.05) is 12.3 Å². The minimum Gasteiger partial charge on any atom is -0.748 e. The fourth-order valence-electron chi connectivity index (χ4n) is 2.00. The van der Waals surface area contributed by atoms with E-state index in [4.69, 9.17) is 0 Å². The molecule has 0 bridgehead atoms. The van der Waals surface area contributed by atoms with E-state index in [9.17, 15) is 17.8 Å². The SMILES string of the molecule is CCCCCCCCCCCC(=O)NCCS(=O)(=O)[O-].[K+]. The smallest absolute Gasteiger partial charge is 0.748 e. The first-order valence-electron chi connectivity index (χ1n) is 7.66. The summed E-state index contributed by atoms with van der Waals surface area (Å²) >= 11 is 0. The number of amides is 1. The van der Waals surface area contributed by atoms with Crippen LogP contribution in [0.25, 0.3) is 0 Å². The Morgan fingerprint density at radius 2 is 1.43 bits per heavy atom. The molecule has 7 heteroatoms. The number of nitrogens with one attached hydrogen (secondary N) is 1. The van der Waals surface area contributed by atoms with Crippen LogP contribution in [0.15, 0.2) is 0 Å². The molecule has 0 unspecified atom stereocenters. The van der Waals surface area contributed by atoms with Crippen LogP contribution in [0.4, 0.5) is 0 Å². The average molecular weight is 346 g/mol. The van der Waals surface area contributed by atoms with Gasteiger partial charge < -0.3 is 9.87 Å². The van der Waals surface area contributed by atoms with Gasteiger partial charge in [-0.15, -0.1) is 0 Å². The van der Waals surface area contributed by atoms with Gasteiger partial charge in [-0.1, -0.05) is 58.3 Å². The number of carbonyl (C=O) groups excluding carboxylic acids is 1. The zero-order chi connectivity index (χ0) is 15.3. The fourth-order valence-corrected chi connectivity index (χ4v) is 2.35. The molecule has 1 amide bonds. The van der Waals surface area contributed by atoms with Crippen molar-refractivity contribution in [2.45, 2.75) is 71.1 Å². The third-order valence-corrected chi connectivity index (χ3v) is 3.89. The van der Waals surface area contributed by atoms with Crippen LogP contribution >= 0.6 is 0 Å². The summed E-state index contributed by atoms with van der Waals surface area (Å²) in [6.45, 7) is 2.12. The summed E-state index contributed by atoms with van der Waals surface area (Å²) in [4.78, 5) is 11.3. The molecule has 1 N–H and O–H groups in total. The van der Waals surface area contributed by atoms with Crippen LogP contribution in [-0.2, 0) is 14.9 Å². The zero-order valence-corrected chi connectivity index (χ0v) is 17.5. The molecule has 0 fully saturated rings. The van der Waals surface area contributed by atoms with Gasteiger partial charge in [0.1, 0.15) is 0 Å². The maximum absolute atomic E-state index is 11.3. The molecule has 0 aromatic carbocycles. The Bertz CT molecular complexity index is 347. The van der Waals surface area contributed by atoms with Gasteiger partial charge in [0.15, 0.2) is 0 Å². The average Bonchev–Trinajstić information content (AvgIpc) is 2.35. The molecule has 0 heterocycles. The summed E-state index contributed by atoms with van der Waals surface area (Å²) in [5.41, 5.74) is 0. The van der Waals surface area contributed by atoms with E-state index < -0.39 is 15.9 Å². The second-order valence-corrected chi connectivity index (χ2v) is 6.71. The fraction of sp³-hybridized carbons (Fsp3) is 0.929. The molecule has 0 rings (SSSR count). The van der Waals surface area contributed by atoms with Crippen molar-refractivity contribution in [3.63, 3.8) is 0 Å². The zero-order valence-electron chi connectivity index (χ0n) is 13.5. The van der Waals surface area contributed by atoms with Crippen molar-refractivity contribution in [1.29, 1.82) is 0 Å². The van der Waals surface area contributed by atoms with Crippen molar-refractivity contribution in [3.05, 3.63) is 0 Å². The molecule has 0 saturated heterocycles. The number of unbranched alkanes of at least 4 members (excludes halogenated alkanes) is 8. The van der Waals surface area contributed by atoms with Crippen LogP contribution in [-0.4, -0.2) is 31.2 Å².